The molecule has 2 rings (SSSR count). The van der Waals surface area contributed by atoms with Gasteiger partial charge in [-0.1, -0.05) is 6.07 Å². The number of nitrogens with two attached hydrogens (primary N) is 1. The van der Waals surface area contributed by atoms with Crippen LogP contribution in [0.3, 0.4) is 0 Å². The van der Waals surface area contributed by atoms with E-state index in [4.69, 9.17) is 5.84 Å². The maximum absolute atomic E-state index is 13.2. The minimum atomic E-state index is -0.402. The van der Waals surface area contributed by atoms with Crippen molar-refractivity contribution in [1.29, 1.82) is 0 Å². The van der Waals surface area contributed by atoms with E-state index < -0.39 is 5.82 Å². The Hall–Kier alpha value is -2.47. The van der Waals surface area contributed by atoms with E-state index in [9.17, 15) is 9.18 Å². The highest BCUT2D eigenvalue weighted by Gasteiger charge is 2.17. The van der Waals surface area contributed by atoms with Gasteiger partial charge in [-0.05, 0) is 30.3 Å². The fraction of sp³-hybridized carbons (Fsp3) is 0.0769. The first-order valence-electron chi connectivity index (χ1n) is 5.58. The Morgan fingerprint density at radius 1 is 1.37 bits per heavy atom. The van der Waals surface area contributed by atoms with Gasteiger partial charge in [-0.2, -0.15) is 0 Å². The van der Waals surface area contributed by atoms with Gasteiger partial charge in [0, 0.05) is 18.9 Å². The summed E-state index contributed by atoms with van der Waals surface area (Å²) in [6.07, 6.45) is 1.52. The second-order valence-corrected chi connectivity index (χ2v) is 3.89. The molecule has 0 unspecified atom stereocenters. The predicted molar refractivity (Wildman–Crippen MR) is 71.2 cm³/mol. The normalized spacial score (nSPS) is 10.1. The van der Waals surface area contributed by atoms with E-state index >= 15 is 0 Å². The summed E-state index contributed by atoms with van der Waals surface area (Å²) in [5, 5.41) is 0. The summed E-state index contributed by atoms with van der Waals surface area (Å²) in [6.45, 7) is 0. The van der Waals surface area contributed by atoms with Crippen molar-refractivity contribution in [1.82, 2.24) is 4.98 Å². The van der Waals surface area contributed by atoms with Gasteiger partial charge in [-0.15, -0.1) is 0 Å². The Kier molecular flexibility index (Phi) is 3.72. The van der Waals surface area contributed by atoms with E-state index in [1.807, 2.05) is 0 Å². The number of nitrogens with zero attached hydrogens (tertiary/aromatic N) is 2. The van der Waals surface area contributed by atoms with E-state index in [-0.39, 0.29) is 11.7 Å². The van der Waals surface area contributed by atoms with Crippen LogP contribution < -0.4 is 16.2 Å². The zero-order valence-corrected chi connectivity index (χ0v) is 10.3. The summed E-state index contributed by atoms with van der Waals surface area (Å²) >= 11 is 0. The number of nitrogens with one attached hydrogen (secondary N) is 1. The second kappa shape index (κ2) is 5.45. The van der Waals surface area contributed by atoms with Gasteiger partial charge in [0.05, 0.1) is 5.56 Å². The number of hydrogen-bond donors (Lipinski definition) is 2. The van der Waals surface area contributed by atoms with Gasteiger partial charge in [0.1, 0.15) is 5.82 Å². The summed E-state index contributed by atoms with van der Waals surface area (Å²) in [7, 11) is 1.56. The highest BCUT2D eigenvalue weighted by molar-refractivity contribution is 6.08. The summed E-state index contributed by atoms with van der Waals surface area (Å²) in [4.78, 5) is 17.6. The van der Waals surface area contributed by atoms with Crippen LogP contribution in [-0.2, 0) is 0 Å². The molecule has 1 aromatic carbocycles. The molecule has 0 radical (unpaired) electrons. The number of hydrazine groups is 1. The highest BCUT2D eigenvalue weighted by Crippen LogP contribution is 2.19. The van der Waals surface area contributed by atoms with Crippen molar-refractivity contribution in [2.75, 3.05) is 17.4 Å². The smallest absolute Gasteiger partial charge is 0.261 e. The largest absolute Gasteiger partial charge is 0.311 e. The van der Waals surface area contributed by atoms with Crippen LogP contribution in [0.2, 0.25) is 0 Å². The molecule has 0 saturated heterocycles. The number of carbonyl (C=O) groups excluding carboxylic acids is 1. The molecule has 1 heterocycles. The van der Waals surface area contributed by atoms with Crippen LogP contribution in [0.4, 0.5) is 15.9 Å². The molecule has 0 spiro atoms. The molecule has 98 valence electrons. The maximum Gasteiger partial charge on any atom is 0.261 e. The average Bonchev–Trinajstić information content (AvgIpc) is 2.45. The number of carbonyl (C=O) groups is 1. The van der Waals surface area contributed by atoms with Crippen LogP contribution in [0.25, 0.3) is 0 Å². The fourth-order valence-electron chi connectivity index (χ4n) is 1.68. The molecule has 0 saturated carbocycles. The number of rotatable bonds is 3. The van der Waals surface area contributed by atoms with Crippen LogP contribution in [0.1, 0.15) is 10.4 Å². The van der Waals surface area contributed by atoms with Crippen molar-refractivity contribution in [2.24, 2.45) is 5.84 Å². The van der Waals surface area contributed by atoms with Gasteiger partial charge in [0.15, 0.2) is 5.82 Å². The second-order valence-electron chi connectivity index (χ2n) is 3.89. The number of aromatic nitrogens is 1. The van der Waals surface area contributed by atoms with E-state index in [2.05, 4.69) is 10.4 Å². The molecule has 0 fully saturated rings. The number of amides is 1. The summed E-state index contributed by atoms with van der Waals surface area (Å²) in [6, 6.07) is 9.02. The Morgan fingerprint density at radius 2 is 2.16 bits per heavy atom. The number of benzene rings is 1. The number of pyridine rings is 1. The molecule has 19 heavy (non-hydrogen) atoms. The van der Waals surface area contributed by atoms with Gasteiger partial charge < -0.3 is 10.3 Å². The lowest BCUT2D eigenvalue weighted by Crippen LogP contribution is -2.28. The predicted octanol–water partition coefficient (Wildman–Crippen LogP) is 1.78. The zero-order valence-electron chi connectivity index (χ0n) is 10.3. The zero-order chi connectivity index (χ0) is 13.8. The van der Waals surface area contributed by atoms with Crippen molar-refractivity contribution in [3.8, 4) is 0 Å². The number of anilines is 2. The van der Waals surface area contributed by atoms with Gasteiger partial charge in [-0.3, -0.25) is 4.79 Å². The lowest BCUT2D eigenvalue weighted by molar-refractivity contribution is 0.0993. The van der Waals surface area contributed by atoms with Gasteiger partial charge >= 0.3 is 0 Å². The van der Waals surface area contributed by atoms with E-state index in [1.165, 1.54) is 23.2 Å². The summed E-state index contributed by atoms with van der Waals surface area (Å²) in [5.74, 6) is 4.85. The van der Waals surface area contributed by atoms with Crippen molar-refractivity contribution in [3.05, 3.63) is 54.0 Å². The minimum Gasteiger partial charge on any atom is -0.311 e. The third kappa shape index (κ3) is 2.69. The lowest BCUT2D eigenvalue weighted by Gasteiger charge is -2.18. The number of hydrogen-bond acceptors (Lipinski definition) is 4. The molecule has 5 nitrogen and oxygen atoms in total. The molecule has 1 aromatic heterocycles. The molecule has 6 heteroatoms. The first-order valence-corrected chi connectivity index (χ1v) is 5.58. The monoisotopic (exact) mass is 260 g/mol. The van der Waals surface area contributed by atoms with Crippen LogP contribution in [0.5, 0.6) is 0 Å². The molecule has 1 amide bonds. The van der Waals surface area contributed by atoms with E-state index in [0.717, 1.165) is 0 Å². The van der Waals surface area contributed by atoms with Crippen LogP contribution in [0, 0.1) is 5.82 Å². The number of halogens is 1. The summed E-state index contributed by atoms with van der Waals surface area (Å²) in [5.41, 5.74) is 3.13. The van der Waals surface area contributed by atoms with Crippen LogP contribution >= 0.6 is 0 Å². The van der Waals surface area contributed by atoms with Crippen molar-refractivity contribution in [3.63, 3.8) is 0 Å². The average molecular weight is 260 g/mol. The standard InChI is InChI=1S/C13H13FN4O/c1-18(10-5-2-4-9(14)8-10)13(19)11-6-3-7-16-12(11)17-15/h2-8H,15H2,1H3,(H,16,17). The Morgan fingerprint density at radius 3 is 2.84 bits per heavy atom. The quantitative estimate of drug-likeness (QED) is 0.652. The Bertz CT molecular complexity index is 603. The Balaban J connectivity index is 2.33. The SMILES string of the molecule is CN(C(=O)c1cccnc1NN)c1cccc(F)c1. The van der Waals surface area contributed by atoms with Crippen molar-refractivity contribution < 1.29 is 9.18 Å². The Labute approximate surface area is 109 Å². The molecule has 0 atom stereocenters. The van der Waals surface area contributed by atoms with E-state index in [1.54, 1.807) is 31.3 Å². The molecular formula is C13H13FN4O. The molecule has 3 N–H and O–H groups in total. The minimum absolute atomic E-state index is 0.274. The number of nitrogen functional groups attached to an aromatic ring is 1. The molecule has 0 bridgehead atoms. The van der Waals surface area contributed by atoms with Crippen molar-refractivity contribution >= 4 is 17.4 Å². The molecule has 2 aromatic rings. The van der Waals surface area contributed by atoms with Gasteiger partial charge in [-0.25, -0.2) is 15.2 Å². The highest BCUT2D eigenvalue weighted by atomic mass is 19.1. The first kappa shape index (κ1) is 13.0. The molecule has 0 aliphatic carbocycles. The van der Waals surface area contributed by atoms with E-state index in [0.29, 0.717) is 11.3 Å². The first-order chi connectivity index (χ1) is 9.13. The third-order valence-electron chi connectivity index (χ3n) is 2.67. The fourth-order valence-corrected chi connectivity index (χ4v) is 1.68. The molecule has 0 aliphatic rings. The third-order valence-corrected chi connectivity index (χ3v) is 2.67. The molecular weight excluding hydrogens is 247 g/mol. The van der Waals surface area contributed by atoms with Crippen LogP contribution in [-0.4, -0.2) is 17.9 Å². The van der Waals surface area contributed by atoms with Crippen molar-refractivity contribution in [2.45, 2.75) is 0 Å². The summed E-state index contributed by atoms with van der Waals surface area (Å²) < 4.78 is 13.2. The van der Waals surface area contributed by atoms with Gasteiger partial charge in [0.2, 0.25) is 0 Å². The van der Waals surface area contributed by atoms with Crippen LogP contribution in [0.15, 0.2) is 42.6 Å². The molecule has 0 aliphatic heterocycles. The lowest BCUT2D eigenvalue weighted by atomic mass is 10.2. The topological polar surface area (TPSA) is 71.2 Å². The maximum atomic E-state index is 13.2. The van der Waals surface area contributed by atoms with Gasteiger partial charge in [0.25, 0.3) is 5.91 Å².